The number of hydrogen-bond donors (Lipinski definition) is 1. The predicted octanol–water partition coefficient (Wildman–Crippen LogP) is 2.26. The van der Waals surface area contributed by atoms with Crippen LogP contribution in [-0.4, -0.2) is 78.6 Å². The van der Waals surface area contributed by atoms with E-state index in [0.717, 1.165) is 18.5 Å². The molecule has 2 fully saturated rings. The fourth-order valence-electron chi connectivity index (χ4n) is 5.23. The molecule has 2 aromatic rings. The fraction of sp³-hybridized carbons (Fsp3) is 0.444. The van der Waals surface area contributed by atoms with Crippen LogP contribution < -0.4 is 15.1 Å². The Bertz CT molecular complexity index is 1380. The molecule has 5 heterocycles. The van der Waals surface area contributed by atoms with Crippen LogP contribution in [0.2, 0.25) is 0 Å². The Morgan fingerprint density at radius 3 is 2.92 bits per heavy atom. The standard InChI is InChI=1S/C27H29N7O5/c1-17-16-39-25(15-36)34(17)12-19-8-18-4-3-6-33(26(18)30-22(19)14-35)27(37)31-24-9-23(20(10-28)11-29-24)32-7-5-21(13-32)38-2/h8-9,11,14,17,21H,3-7,12-13,16H2,1-2H3,(H,29,31,37)/t17-,21+/m0/s1. The first kappa shape index (κ1) is 26.2. The van der Waals surface area contributed by atoms with Crippen LogP contribution in [0.25, 0.3) is 0 Å². The smallest absolute Gasteiger partial charge is 0.328 e. The number of carbonyl (C=O) groups excluding carboxylic acids is 3. The molecule has 3 aliphatic heterocycles. The highest BCUT2D eigenvalue weighted by Crippen LogP contribution is 2.31. The summed E-state index contributed by atoms with van der Waals surface area (Å²) < 4.78 is 10.8. The number of amides is 2. The zero-order valence-electron chi connectivity index (χ0n) is 21.8. The van der Waals surface area contributed by atoms with Gasteiger partial charge in [0.1, 0.15) is 30.0 Å². The van der Waals surface area contributed by atoms with Crippen LogP contribution in [0.4, 0.5) is 22.1 Å². The number of ether oxygens (including phenoxy) is 2. The Morgan fingerprint density at radius 2 is 2.21 bits per heavy atom. The number of carbonyl (C=O) groups is 2. The van der Waals surface area contributed by atoms with E-state index < -0.39 is 6.03 Å². The average molecular weight is 532 g/mol. The van der Waals surface area contributed by atoms with Gasteiger partial charge in [-0.3, -0.25) is 15.0 Å². The van der Waals surface area contributed by atoms with Crippen molar-refractivity contribution in [2.75, 3.05) is 48.5 Å². The highest BCUT2D eigenvalue weighted by Gasteiger charge is 2.31. The summed E-state index contributed by atoms with van der Waals surface area (Å²) in [4.78, 5) is 50.8. The summed E-state index contributed by atoms with van der Waals surface area (Å²) in [5.74, 6) is 2.65. The van der Waals surface area contributed by atoms with Gasteiger partial charge in [0.15, 0.2) is 12.2 Å². The first-order chi connectivity index (χ1) is 18.9. The van der Waals surface area contributed by atoms with Crippen molar-refractivity contribution in [3.05, 3.63) is 46.6 Å². The van der Waals surface area contributed by atoms with Crippen LogP contribution in [0.15, 0.2) is 24.2 Å². The number of hydrogen-bond acceptors (Lipinski definition) is 10. The minimum atomic E-state index is -0.430. The lowest BCUT2D eigenvalue weighted by molar-refractivity contribution is 0.111. The zero-order valence-corrected chi connectivity index (χ0v) is 21.8. The lowest BCUT2D eigenvalue weighted by Crippen LogP contribution is -2.40. The predicted molar refractivity (Wildman–Crippen MR) is 141 cm³/mol. The fourth-order valence-corrected chi connectivity index (χ4v) is 5.23. The van der Waals surface area contributed by atoms with E-state index in [4.69, 9.17) is 9.47 Å². The van der Waals surface area contributed by atoms with Gasteiger partial charge in [0, 0.05) is 51.1 Å². The van der Waals surface area contributed by atoms with Gasteiger partial charge in [0.25, 0.3) is 5.88 Å². The molecule has 0 bridgehead atoms. The van der Waals surface area contributed by atoms with Crippen molar-refractivity contribution in [2.45, 2.75) is 44.9 Å². The second kappa shape index (κ2) is 11.1. The summed E-state index contributed by atoms with van der Waals surface area (Å²) in [7, 11) is 1.67. The van der Waals surface area contributed by atoms with E-state index >= 15 is 0 Å². The lowest BCUT2D eigenvalue weighted by atomic mass is 10.0. The van der Waals surface area contributed by atoms with Gasteiger partial charge in [-0.25, -0.2) is 19.6 Å². The number of nitriles is 1. The van der Waals surface area contributed by atoms with Crippen LogP contribution in [0.3, 0.4) is 0 Å². The van der Waals surface area contributed by atoms with Gasteiger partial charge in [0.2, 0.25) is 0 Å². The molecule has 0 aliphatic carbocycles. The molecule has 0 spiro atoms. The summed E-state index contributed by atoms with van der Waals surface area (Å²) >= 11 is 0. The van der Waals surface area contributed by atoms with E-state index in [0.29, 0.717) is 67.3 Å². The Kier molecular flexibility index (Phi) is 7.45. The normalized spacial score (nSPS) is 20.2. The first-order valence-corrected chi connectivity index (χ1v) is 12.8. The molecule has 12 heteroatoms. The molecule has 5 rings (SSSR count). The number of nitrogens with zero attached hydrogens (tertiary/aromatic N) is 6. The number of urea groups is 1. The SMILES string of the molecule is CO[C@@H]1CCN(c2cc(NC(=O)N3CCCc4cc(CN5C(=C=O)OC[C@@H]5C)c(C=O)nc43)ncc2C#N)C1. The van der Waals surface area contributed by atoms with Crippen molar-refractivity contribution in [3.63, 3.8) is 0 Å². The van der Waals surface area contributed by atoms with E-state index in [2.05, 4.69) is 26.3 Å². The third kappa shape index (κ3) is 5.14. The number of aldehydes is 1. The van der Waals surface area contributed by atoms with Crippen LogP contribution >= 0.6 is 0 Å². The maximum atomic E-state index is 13.4. The van der Waals surface area contributed by atoms with Gasteiger partial charge in [-0.2, -0.15) is 5.26 Å². The largest absolute Gasteiger partial charge is 0.469 e. The molecule has 0 saturated carbocycles. The summed E-state index contributed by atoms with van der Waals surface area (Å²) in [6, 6.07) is 5.26. The molecular weight excluding hydrogens is 502 g/mol. The Balaban J connectivity index is 1.38. The number of rotatable bonds is 6. The van der Waals surface area contributed by atoms with Crippen molar-refractivity contribution < 1.29 is 23.9 Å². The summed E-state index contributed by atoms with van der Waals surface area (Å²) in [5.41, 5.74) is 2.78. The van der Waals surface area contributed by atoms with Crippen LogP contribution in [0.1, 0.15) is 46.9 Å². The summed E-state index contributed by atoms with van der Waals surface area (Å²) in [5, 5.41) is 12.4. The van der Waals surface area contributed by atoms with Crippen LogP contribution in [-0.2, 0) is 27.2 Å². The lowest BCUT2D eigenvalue weighted by Gasteiger charge is -2.30. The molecule has 0 aromatic carbocycles. The minimum Gasteiger partial charge on any atom is -0.469 e. The molecule has 2 atom stereocenters. The highest BCUT2D eigenvalue weighted by molar-refractivity contribution is 6.02. The number of anilines is 3. The van der Waals surface area contributed by atoms with Crippen molar-refractivity contribution in [1.82, 2.24) is 14.9 Å². The van der Waals surface area contributed by atoms with Crippen LogP contribution in [0, 0.1) is 11.3 Å². The number of pyridine rings is 2. The molecule has 12 nitrogen and oxygen atoms in total. The Morgan fingerprint density at radius 1 is 1.36 bits per heavy atom. The monoisotopic (exact) mass is 531 g/mol. The Labute approximate surface area is 225 Å². The molecule has 2 saturated heterocycles. The van der Waals surface area contributed by atoms with Crippen LogP contribution in [0.5, 0.6) is 0 Å². The molecule has 0 radical (unpaired) electrons. The van der Waals surface area contributed by atoms with E-state index in [1.54, 1.807) is 18.1 Å². The van der Waals surface area contributed by atoms with Gasteiger partial charge in [0.05, 0.1) is 23.4 Å². The molecule has 2 aromatic heterocycles. The van der Waals surface area contributed by atoms with Gasteiger partial charge in [-0.1, -0.05) is 0 Å². The highest BCUT2D eigenvalue weighted by atomic mass is 16.5. The van der Waals surface area contributed by atoms with Crippen molar-refractivity contribution >= 4 is 35.6 Å². The number of fused-ring (bicyclic) bond motifs is 1. The van der Waals surface area contributed by atoms with Crippen molar-refractivity contribution in [3.8, 4) is 6.07 Å². The van der Waals surface area contributed by atoms with E-state index in [-0.39, 0.29) is 30.3 Å². The molecule has 1 N–H and O–H groups in total. The van der Waals surface area contributed by atoms with E-state index in [1.807, 2.05) is 18.9 Å². The minimum absolute atomic E-state index is 0.0509. The second-order valence-corrected chi connectivity index (χ2v) is 9.80. The van der Waals surface area contributed by atoms with E-state index in [9.17, 15) is 19.6 Å². The second-order valence-electron chi connectivity index (χ2n) is 9.80. The number of aryl methyl sites for hydroxylation is 1. The molecular formula is C27H29N7O5. The van der Waals surface area contributed by atoms with Crippen molar-refractivity contribution in [2.24, 2.45) is 0 Å². The molecule has 202 valence electrons. The quantitative estimate of drug-likeness (QED) is 0.436. The van der Waals surface area contributed by atoms with Gasteiger partial charge in [-0.05, 0) is 37.8 Å². The Hall–Kier alpha value is -4.46. The van der Waals surface area contributed by atoms with Gasteiger partial charge < -0.3 is 19.3 Å². The van der Waals surface area contributed by atoms with Crippen molar-refractivity contribution in [1.29, 1.82) is 5.26 Å². The molecule has 3 aliphatic rings. The van der Waals surface area contributed by atoms with Gasteiger partial charge in [-0.15, -0.1) is 0 Å². The molecule has 0 unspecified atom stereocenters. The number of nitrogens with one attached hydrogen (secondary N) is 1. The zero-order chi connectivity index (χ0) is 27.5. The number of methoxy groups -OCH3 is 1. The summed E-state index contributed by atoms with van der Waals surface area (Å²) in [6.07, 6.45) is 4.44. The first-order valence-electron chi connectivity index (χ1n) is 12.8. The van der Waals surface area contributed by atoms with E-state index in [1.165, 1.54) is 11.1 Å². The maximum Gasteiger partial charge on any atom is 0.328 e. The molecule has 39 heavy (non-hydrogen) atoms. The summed E-state index contributed by atoms with van der Waals surface area (Å²) in [6.45, 7) is 4.36. The third-order valence-corrected chi connectivity index (χ3v) is 7.37. The average Bonchev–Trinajstić information content (AvgIpc) is 3.58. The number of aromatic nitrogens is 2. The maximum absolute atomic E-state index is 13.4. The third-order valence-electron chi connectivity index (χ3n) is 7.37. The molecule has 2 amide bonds. The topological polar surface area (TPSA) is 141 Å². The van der Waals surface area contributed by atoms with Gasteiger partial charge >= 0.3 is 6.03 Å².